The second kappa shape index (κ2) is 34.6. The van der Waals surface area contributed by atoms with Crippen LogP contribution >= 0.6 is 0 Å². The van der Waals surface area contributed by atoms with Crippen LogP contribution in [0.15, 0.2) is 141 Å². The Morgan fingerprint density at radius 1 is 0.411 bits per heavy atom. The van der Waals surface area contributed by atoms with Crippen molar-refractivity contribution < 1.29 is 124 Å². The Kier molecular flexibility index (Phi) is 24.6. The summed E-state index contributed by atoms with van der Waals surface area (Å²) >= 11 is 0. The van der Waals surface area contributed by atoms with E-state index in [1.54, 1.807) is 51.0 Å². The molecule has 18 rings (SSSR count). The number of aromatic nitrogens is 14. The van der Waals surface area contributed by atoms with Gasteiger partial charge in [0.25, 0.3) is 23.6 Å². The van der Waals surface area contributed by atoms with Crippen LogP contribution in [-0.4, -0.2) is 189 Å². The van der Waals surface area contributed by atoms with Gasteiger partial charge in [-0.3, -0.25) is 29.1 Å². The number of alkyl halides is 12. The van der Waals surface area contributed by atoms with Crippen molar-refractivity contribution in [1.29, 1.82) is 0 Å². The zero-order valence-corrected chi connectivity index (χ0v) is 68.4. The molecule has 6 aliphatic rings. The molecule has 14 heterocycles. The molecule has 8 atom stereocenters. The number of nitrogens with zero attached hydrogens (tertiary/aromatic N) is 14. The van der Waals surface area contributed by atoms with Crippen LogP contribution in [0, 0.1) is 31.3 Å². The third-order valence-electron chi connectivity index (χ3n) is 23.6. The van der Waals surface area contributed by atoms with Gasteiger partial charge in [-0.2, -0.15) is 73.1 Å². The highest BCUT2D eigenvalue weighted by Crippen LogP contribution is 2.48. The number of carbonyl (C=O) groups is 4. The summed E-state index contributed by atoms with van der Waals surface area (Å²) in [5, 5.41) is 71.0. The molecule has 8 N–H and O–H groups in total. The first-order valence-corrected chi connectivity index (χ1v) is 40.1. The van der Waals surface area contributed by atoms with E-state index in [4.69, 9.17) is 18.9 Å². The number of rotatable bonds is 14. The van der Waals surface area contributed by atoms with Crippen molar-refractivity contribution in [3.8, 4) is 0 Å². The molecule has 2 saturated carbocycles. The number of aliphatic hydroxyl groups excluding tert-OH is 2. The Hall–Kier alpha value is -12.3. The molecule has 0 bridgehead atoms. The fraction of sp³-hybridized carbons (Fsp3) is 0.405. The lowest BCUT2D eigenvalue weighted by molar-refractivity contribution is -0.141. The monoisotopic (exact) mass is 1820 g/mol. The summed E-state index contributed by atoms with van der Waals surface area (Å²) in [6, 6.07) is 6.41. The molecular formula is C84H79F15N18O12. The summed E-state index contributed by atoms with van der Waals surface area (Å²) in [4.78, 5) is 77.1. The van der Waals surface area contributed by atoms with Gasteiger partial charge in [0.2, 0.25) is 0 Å². The van der Waals surface area contributed by atoms with Crippen molar-refractivity contribution in [2.45, 2.75) is 161 Å². The van der Waals surface area contributed by atoms with Crippen molar-refractivity contribution in [2.75, 3.05) is 52.9 Å². The van der Waals surface area contributed by atoms with Crippen LogP contribution in [0.25, 0.3) is 22.6 Å². The van der Waals surface area contributed by atoms with E-state index < -0.39 is 139 Å². The van der Waals surface area contributed by atoms with E-state index in [-0.39, 0.29) is 140 Å². The Morgan fingerprint density at radius 2 is 0.783 bits per heavy atom. The topological polar surface area (TPSA) is 381 Å². The number of aliphatic hydroxyl groups is 4. The molecule has 45 heteroatoms. The number of pyridine rings is 2. The average Bonchev–Trinajstić information content (AvgIpc) is 1.32. The minimum atomic E-state index is -4.79. The summed E-state index contributed by atoms with van der Waals surface area (Å²) in [5.41, 5.74) is -10.6. The van der Waals surface area contributed by atoms with Crippen LogP contribution in [-0.2, 0) is 65.8 Å². The van der Waals surface area contributed by atoms with Crippen LogP contribution in [0.5, 0.6) is 0 Å². The van der Waals surface area contributed by atoms with E-state index in [1.165, 1.54) is 69.0 Å². The first-order valence-electron chi connectivity index (χ1n) is 40.1. The van der Waals surface area contributed by atoms with E-state index in [1.807, 2.05) is 6.20 Å². The molecule has 10 aromatic heterocycles. The van der Waals surface area contributed by atoms with Crippen molar-refractivity contribution in [2.24, 2.45) is 0 Å². The summed E-state index contributed by atoms with van der Waals surface area (Å²) in [7, 11) is 0. The van der Waals surface area contributed by atoms with Gasteiger partial charge in [0, 0.05) is 125 Å². The number of hydrogen-bond acceptors (Lipinski definition) is 22. The van der Waals surface area contributed by atoms with Crippen LogP contribution in [0.3, 0.4) is 0 Å². The van der Waals surface area contributed by atoms with Gasteiger partial charge in [-0.15, -0.1) is 0 Å². The largest absolute Gasteiger partial charge is 0.433 e. The molecule has 8 unspecified atom stereocenters. The molecule has 129 heavy (non-hydrogen) atoms. The second-order valence-electron chi connectivity index (χ2n) is 32.7. The van der Waals surface area contributed by atoms with Gasteiger partial charge in [0.15, 0.2) is 22.6 Å². The minimum absolute atomic E-state index is 0.0195. The summed E-state index contributed by atoms with van der Waals surface area (Å²) in [6.07, 6.45) is 2.93. The highest BCUT2D eigenvalue weighted by Gasteiger charge is 2.57. The summed E-state index contributed by atoms with van der Waals surface area (Å²) in [6.45, 7) is 5.72. The normalized spacial score (nSPS) is 23.9. The summed E-state index contributed by atoms with van der Waals surface area (Å²) in [5.74, 6) is -5.48. The highest BCUT2D eigenvalue weighted by molar-refractivity contribution is 6.02. The minimum Gasteiger partial charge on any atom is -0.388 e. The highest BCUT2D eigenvalue weighted by atomic mass is 19.4. The number of halogens is 15. The zero-order chi connectivity index (χ0) is 92.5. The predicted molar refractivity (Wildman–Crippen MR) is 418 cm³/mol. The Morgan fingerprint density at radius 3 is 1.14 bits per heavy atom. The molecule has 4 aliphatic heterocycles. The van der Waals surface area contributed by atoms with Gasteiger partial charge in [0.1, 0.15) is 91.1 Å². The number of aryl methyl sites for hydroxylation is 2. The second-order valence-corrected chi connectivity index (χ2v) is 32.7. The number of fused-ring (bicyclic) bond motifs is 4. The number of ether oxygens (including phenoxy) is 4. The Bertz CT molecular complexity index is 6260. The first-order chi connectivity index (χ1) is 60.9. The van der Waals surface area contributed by atoms with Crippen molar-refractivity contribution in [3.63, 3.8) is 0 Å². The predicted octanol–water partition coefficient (Wildman–Crippen LogP) is 11.0. The quantitative estimate of drug-likeness (QED) is 0.0469. The van der Waals surface area contributed by atoms with Crippen LogP contribution < -0.4 is 21.3 Å². The lowest BCUT2D eigenvalue weighted by atomic mass is 9.71. The maximum absolute atomic E-state index is 15.1. The Labute approximate surface area is 719 Å². The number of amides is 4. The zero-order valence-electron chi connectivity index (χ0n) is 68.4. The smallest absolute Gasteiger partial charge is 0.388 e. The molecule has 12 aromatic rings. The van der Waals surface area contributed by atoms with Crippen molar-refractivity contribution in [1.82, 2.24) is 89.6 Å². The summed E-state index contributed by atoms with van der Waals surface area (Å²) < 4.78 is 228. The molecule has 30 nitrogen and oxygen atoms in total. The van der Waals surface area contributed by atoms with Crippen LogP contribution in [0.4, 0.5) is 65.9 Å². The SMILES string of the molecule is CC1(O)COCCC1(NC(=O)c1cnn2cc(C3CC3)cnc12)c1ccc(C(F)(F)F)cc1F.Cc1cnc2c(C(=O)NC3(c4ccc(C(F)(F)F)cc4F)CCOCC3(C)O)cnn2c1.Cc1cnc2c(C(=O)NC3(c4ncc(C(F)(F)F)cc4F)CCOCC3O)cnn2c1.O=C(NC1(c2ccc(C(F)(F)F)nc2)CCOCC1O)c1cnn2cc(C3CC3)cnc12. The molecule has 2 aromatic carbocycles. The van der Waals surface area contributed by atoms with Gasteiger partial charge in [-0.25, -0.2) is 51.2 Å². The molecule has 0 radical (unpaired) electrons. The van der Waals surface area contributed by atoms with Gasteiger partial charge in [-0.1, -0.05) is 18.2 Å². The third kappa shape index (κ3) is 18.2. The molecule has 4 amide bonds. The molecule has 0 spiro atoms. The van der Waals surface area contributed by atoms with Crippen LogP contribution in [0.1, 0.15) is 186 Å². The fourth-order valence-corrected chi connectivity index (χ4v) is 16.2. The maximum Gasteiger partial charge on any atom is 0.433 e. The first kappa shape index (κ1) is 91.5. The number of nitrogens with one attached hydrogen (secondary N) is 4. The van der Waals surface area contributed by atoms with Gasteiger partial charge < -0.3 is 60.6 Å². The van der Waals surface area contributed by atoms with E-state index in [9.17, 15) is 96.7 Å². The fourth-order valence-electron chi connectivity index (χ4n) is 16.2. The molecule has 2 aliphatic carbocycles. The number of benzene rings is 2. The molecule has 6 fully saturated rings. The van der Waals surface area contributed by atoms with Gasteiger partial charge in [-0.05, 0) is 129 Å². The van der Waals surface area contributed by atoms with Gasteiger partial charge >= 0.3 is 24.7 Å². The molecule has 682 valence electrons. The lowest BCUT2D eigenvalue weighted by Crippen LogP contribution is -2.65. The van der Waals surface area contributed by atoms with Crippen molar-refractivity contribution in [3.05, 3.63) is 248 Å². The van der Waals surface area contributed by atoms with E-state index >= 15 is 8.78 Å². The molecular weight excluding hydrogens is 1740 g/mol. The number of carbonyl (C=O) groups excluding carboxylic acids is 4. The number of hydrogen-bond donors (Lipinski definition) is 8. The third-order valence-corrected chi connectivity index (χ3v) is 23.6. The van der Waals surface area contributed by atoms with Crippen LogP contribution in [0.2, 0.25) is 0 Å². The standard InChI is InChI=1S/C23H22F4N4O3.C21H20F4N4O3.C21H20F3N5O3.C19H17F4N5O3/c1-21(33)12-34-7-6-22(21,17-5-4-15(8-18(17)24)23(25,26)27)30-20(32)16-10-29-31-11-14(13-2-3-13)9-28-19(16)31;1-12-8-26-17-14(9-27-29(17)10-12)18(30)28-20(5-6-32-11-19(20,2)31)15-4-3-13(7-16(15)22)21(23,24)25;22-21(23,24)16-4-3-14(8-25-16)20(5-6-32-11-17(20)30)28-19(31)15-9-27-29-10-13(12-1-2-12)7-26-18(15)29;1-10-5-25-16-12(7-26-28(16)8-10)17(30)27-18(2-3-31-9-14(18)29)15-13(20)4-11(6-24-15)19(21,22)23/h4-5,8-11,13,33H,2-3,6-7,12H2,1H3,(H,30,32);3-4,7-10,31H,5-6,11H2,1-2H3,(H,28,30);3-4,7-10,12,17,30H,1-2,5-6,11H2,(H,28,31);4-8,14,29H,2-3,9H2,1H3,(H,27,30). The van der Waals surface area contributed by atoms with E-state index in [0.717, 1.165) is 84.5 Å². The van der Waals surface area contributed by atoms with Gasteiger partial charge in [0.05, 0.1) is 73.4 Å². The van der Waals surface area contributed by atoms with Crippen molar-refractivity contribution >= 4 is 46.2 Å². The Balaban J connectivity index is 0.000000132. The maximum atomic E-state index is 15.1. The average molecular weight is 1820 g/mol. The van der Waals surface area contributed by atoms with E-state index in [2.05, 4.69) is 71.6 Å². The lowest BCUT2D eigenvalue weighted by Gasteiger charge is -2.49. The van der Waals surface area contributed by atoms with E-state index in [0.29, 0.717) is 35.8 Å². The molecule has 4 saturated heterocycles.